The van der Waals surface area contributed by atoms with E-state index >= 15 is 0 Å². The molecule has 0 fully saturated rings. The quantitative estimate of drug-likeness (QED) is 0.592. The third-order valence-electron chi connectivity index (χ3n) is 4.16. The van der Waals surface area contributed by atoms with Crippen LogP contribution in [-0.4, -0.2) is 72.6 Å². The third kappa shape index (κ3) is 3.83. The Bertz CT molecular complexity index is 926. The molecule has 27 heavy (non-hydrogen) atoms. The first-order valence-corrected chi connectivity index (χ1v) is 9.38. The number of rotatable bonds is 7. The molecule has 2 N–H and O–H groups in total. The van der Waals surface area contributed by atoms with Crippen molar-refractivity contribution in [1.29, 1.82) is 0 Å². The van der Waals surface area contributed by atoms with Crippen molar-refractivity contribution in [2.75, 3.05) is 20.1 Å². The molecule has 0 radical (unpaired) electrons. The molecule has 0 saturated heterocycles. The minimum absolute atomic E-state index is 0.0617. The minimum Gasteiger partial charge on any atom is -0.480 e. The SMILES string of the molecule is CC(=O)NCCN(C(C)C(=O)O)S(=O)(=O)c1ccc2c(c1)C(=O)N(C)C2=O. The van der Waals surface area contributed by atoms with Gasteiger partial charge in [-0.05, 0) is 25.1 Å². The molecular weight excluding hydrogens is 378 g/mol. The van der Waals surface area contributed by atoms with Crippen LogP contribution >= 0.6 is 0 Å². The predicted molar refractivity (Wildman–Crippen MR) is 92.5 cm³/mol. The van der Waals surface area contributed by atoms with Gasteiger partial charge < -0.3 is 10.4 Å². The normalized spacial score (nSPS) is 15.0. The molecule has 1 heterocycles. The summed E-state index contributed by atoms with van der Waals surface area (Å²) in [5.74, 6) is -2.93. The largest absolute Gasteiger partial charge is 0.480 e. The summed E-state index contributed by atoms with van der Waals surface area (Å²) >= 11 is 0. The van der Waals surface area contributed by atoms with Gasteiger partial charge in [-0.3, -0.25) is 24.1 Å². The van der Waals surface area contributed by atoms with Crippen molar-refractivity contribution < 1.29 is 32.7 Å². The third-order valence-corrected chi connectivity index (χ3v) is 6.13. The van der Waals surface area contributed by atoms with E-state index in [1.165, 1.54) is 27.0 Å². The second kappa shape index (κ2) is 7.45. The van der Waals surface area contributed by atoms with Gasteiger partial charge in [-0.25, -0.2) is 8.42 Å². The Kier molecular flexibility index (Phi) is 5.66. The Morgan fingerprint density at radius 2 is 1.81 bits per heavy atom. The van der Waals surface area contributed by atoms with Gasteiger partial charge in [0.05, 0.1) is 16.0 Å². The van der Waals surface area contributed by atoms with Crippen molar-refractivity contribution in [3.8, 4) is 0 Å². The number of fused-ring (bicyclic) bond motifs is 1. The highest BCUT2D eigenvalue weighted by molar-refractivity contribution is 7.89. The van der Waals surface area contributed by atoms with Crippen molar-refractivity contribution in [2.24, 2.45) is 0 Å². The molecule has 0 saturated carbocycles. The maximum absolute atomic E-state index is 13.0. The first-order valence-electron chi connectivity index (χ1n) is 7.94. The highest BCUT2D eigenvalue weighted by Crippen LogP contribution is 2.26. The van der Waals surface area contributed by atoms with E-state index in [-0.39, 0.29) is 35.0 Å². The van der Waals surface area contributed by atoms with E-state index in [1.54, 1.807) is 0 Å². The van der Waals surface area contributed by atoms with Gasteiger partial charge in [0.2, 0.25) is 15.9 Å². The van der Waals surface area contributed by atoms with Crippen LogP contribution in [0.25, 0.3) is 0 Å². The molecule has 3 amide bonds. The van der Waals surface area contributed by atoms with Gasteiger partial charge in [-0.1, -0.05) is 0 Å². The van der Waals surface area contributed by atoms with Gasteiger partial charge in [-0.2, -0.15) is 4.31 Å². The van der Waals surface area contributed by atoms with Crippen LogP contribution in [0.3, 0.4) is 0 Å². The zero-order valence-corrected chi connectivity index (χ0v) is 15.7. The van der Waals surface area contributed by atoms with Crippen molar-refractivity contribution in [3.63, 3.8) is 0 Å². The van der Waals surface area contributed by atoms with Crippen LogP contribution in [0.1, 0.15) is 34.6 Å². The number of carboxylic acid groups (broad SMARTS) is 1. The van der Waals surface area contributed by atoms with E-state index in [0.29, 0.717) is 0 Å². The Balaban J connectivity index is 2.44. The van der Waals surface area contributed by atoms with E-state index in [1.807, 2.05) is 0 Å². The molecule has 10 nitrogen and oxygen atoms in total. The fraction of sp³-hybridized carbons (Fsp3) is 0.375. The molecule has 1 aromatic carbocycles. The lowest BCUT2D eigenvalue weighted by Gasteiger charge is -2.26. The van der Waals surface area contributed by atoms with Crippen LogP contribution in [0.2, 0.25) is 0 Å². The Morgan fingerprint density at radius 1 is 1.22 bits per heavy atom. The summed E-state index contributed by atoms with van der Waals surface area (Å²) in [4.78, 5) is 46.9. The maximum atomic E-state index is 13.0. The number of nitrogens with one attached hydrogen (secondary N) is 1. The highest BCUT2D eigenvalue weighted by Gasteiger charge is 2.37. The molecule has 1 unspecified atom stereocenters. The summed E-state index contributed by atoms with van der Waals surface area (Å²) in [7, 11) is -3.02. The number of carboxylic acids is 1. The summed E-state index contributed by atoms with van der Waals surface area (Å²) in [6.45, 7) is 2.08. The van der Waals surface area contributed by atoms with E-state index < -0.39 is 33.8 Å². The van der Waals surface area contributed by atoms with E-state index in [9.17, 15) is 32.7 Å². The molecule has 0 aliphatic carbocycles. The molecule has 11 heteroatoms. The van der Waals surface area contributed by atoms with E-state index in [0.717, 1.165) is 21.3 Å². The predicted octanol–water partition coefficient (Wildman–Crippen LogP) is -0.488. The average Bonchev–Trinajstić information content (AvgIpc) is 2.81. The summed E-state index contributed by atoms with van der Waals surface area (Å²) in [6.07, 6.45) is 0. The minimum atomic E-state index is -4.30. The first-order chi connectivity index (χ1) is 12.5. The van der Waals surface area contributed by atoms with Crippen molar-refractivity contribution in [3.05, 3.63) is 29.3 Å². The number of aliphatic carboxylic acids is 1. The van der Waals surface area contributed by atoms with Crippen molar-refractivity contribution in [1.82, 2.24) is 14.5 Å². The van der Waals surface area contributed by atoms with Crippen molar-refractivity contribution in [2.45, 2.75) is 24.8 Å². The van der Waals surface area contributed by atoms with Gasteiger partial charge in [0.25, 0.3) is 11.8 Å². The molecular formula is C16H19N3O7S. The monoisotopic (exact) mass is 397 g/mol. The van der Waals surface area contributed by atoms with Crippen LogP contribution in [-0.2, 0) is 19.6 Å². The Hall–Kier alpha value is -2.79. The van der Waals surface area contributed by atoms with Crippen LogP contribution in [0.5, 0.6) is 0 Å². The molecule has 1 aliphatic rings. The van der Waals surface area contributed by atoms with Crippen LogP contribution in [0.15, 0.2) is 23.1 Å². The molecule has 1 aromatic rings. The fourth-order valence-corrected chi connectivity index (χ4v) is 4.24. The number of imide groups is 1. The number of carbonyl (C=O) groups excluding carboxylic acids is 3. The fourth-order valence-electron chi connectivity index (χ4n) is 2.62. The highest BCUT2D eigenvalue weighted by atomic mass is 32.2. The topological polar surface area (TPSA) is 141 Å². The zero-order valence-electron chi connectivity index (χ0n) is 14.9. The molecule has 146 valence electrons. The Morgan fingerprint density at radius 3 is 2.37 bits per heavy atom. The smallest absolute Gasteiger partial charge is 0.321 e. The summed E-state index contributed by atoms with van der Waals surface area (Å²) in [6, 6.07) is 2.04. The molecule has 0 spiro atoms. The van der Waals surface area contributed by atoms with Crippen molar-refractivity contribution >= 4 is 33.7 Å². The summed E-state index contributed by atoms with van der Waals surface area (Å²) < 4.78 is 26.6. The summed E-state index contributed by atoms with van der Waals surface area (Å²) in [5, 5.41) is 11.6. The molecule has 0 aromatic heterocycles. The van der Waals surface area contributed by atoms with E-state index in [2.05, 4.69) is 5.32 Å². The van der Waals surface area contributed by atoms with Gasteiger partial charge in [0, 0.05) is 27.1 Å². The lowest BCUT2D eigenvalue weighted by molar-refractivity contribution is -0.140. The number of nitrogens with zero attached hydrogens (tertiary/aromatic N) is 2. The lowest BCUT2D eigenvalue weighted by atomic mass is 10.1. The van der Waals surface area contributed by atoms with Gasteiger partial charge in [0.15, 0.2) is 0 Å². The number of carbonyl (C=O) groups is 4. The Labute approximate surface area is 155 Å². The van der Waals surface area contributed by atoms with Gasteiger partial charge in [0.1, 0.15) is 6.04 Å². The molecule has 0 bridgehead atoms. The standard InChI is InChI=1S/C16H19N3O7S/c1-9(16(23)24)19(7-6-17-10(2)20)27(25,26)11-4-5-12-13(8-11)15(22)18(3)14(12)21/h4-5,8-9H,6-7H2,1-3H3,(H,17,20)(H,23,24). The van der Waals surface area contributed by atoms with Gasteiger partial charge in [-0.15, -0.1) is 0 Å². The van der Waals surface area contributed by atoms with Crippen LogP contribution < -0.4 is 5.32 Å². The van der Waals surface area contributed by atoms with Gasteiger partial charge >= 0.3 is 5.97 Å². The number of benzene rings is 1. The second-order valence-corrected chi connectivity index (χ2v) is 7.88. The second-order valence-electron chi connectivity index (χ2n) is 5.99. The number of hydrogen-bond acceptors (Lipinski definition) is 6. The number of amides is 3. The first kappa shape index (κ1) is 20.5. The van der Waals surface area contributed by atoms with E-state index in [4.69, 9.17) is 0 Å². The molecule has 1 atom stereocenters. The molecule has 1 aliphatic heterocycles. The van der Waals surface area contributed by atoms with Crippen LogP contribution in [0, 0.1) is 0 Å². The summed E-state index contributed by atoms with van der Waals surface area (Å²) in [5.41, 5.74) is 0.0193. The number of sulfonamides is 1. The zero-order chi connectivity index (χ0) is 20.5. The van der Waals surface area contributed by atoms with Crippen LogP contribution in [0.4, 0.5) is 0 Å². The number of hydrogen-bond donors (Lipinski definition) is 2. The average molecular weight is 397 g/mol. The lowest BCUT2D eigenvalue weighted by Crippen LogP contribution is -2.46. The maximum Gasteiger partial charge on any atom is 0.321 e. The molecule has 2 rings (SSSR count).